The molecule has 3 aromatic rings. The van der Waals surface area contributed by atoms with E-state index in [9.17, 15) is 4.79 Å². The Morgan fingerprint density at radius 1 is 1.06 bits per heavy atom. The molecule has 7 heteroatoms. The molecule has 0 aliphatic rings. The highest BCUT2D eigenvalue weighted by atomic mass is 35.5. The van der Waals surface area contributed by atoms with Gasteiger partial charge in [0, 0.05) is 43.1 Å². The molecule has 1 amide bonds. The summed E-state index contributed by atoms with van der Waals surface area (Å²) in [4.78, 5) is 16.5. The molecule has 0 aliphatic heterocycles. The Bertz CT molecular complexity index is 1000. The number of aryl methyl sites for hydroxylation is 2. The van der Waals surface area contributed by atoms with Gasteiger partial charge in [0.1, 0.15) is 0 Å². The van der Waals surface area contributed by atoms with Crippen molar-refractivity contribution in [2.45, 2.75) is 26.7 Å². The molecule has 0 aliphatic carbocycles. The Balaban J connectivity index is 0.00000341. The zero-order valence-corrected chi connectivity index (χ0v) is 20.0. The molecule has 0 saturated carbocycles. The first-order chi connectivity index (χ1) is 14.5. The van der Waals surface area contributed by atoms with Gasteiger partial charge >= 0.3 is 0 Å². The minimum atomic E-state index is -0.0787. The van der Waals surface area contributed by atoms with Crippen LogP contribution in [-0.2, 0) is 12.8 Å². The van der Waals surface area contributed by atoms with Gasteiger partial charge in [0.05, 0.1) is 10.7 Å². The molecule has 0 atom stereocenters. The van der Waals surface area contributed by atoms with Gasteiger partial charge in [0.15, 0.2) is 0 Å². The largest absolute Gasteiger partial charge is 0.355 e. The fraction of sp³-hybridized carbons (Fsp3) is 0.333. The smallest absolute Gasteiger partial charge is 0.251 e. The molecule has 31 heavy (non-hydrogen) atoms. The molecule has 0 bridgehead atoms. The highest BCUT2D eigenvalue weighted by Crippen LogP contribution is 2.26. The Hall–Kier alpha value is -2.25. The maximum Gasteiger partial charge on any atom is 0.251 e. The topological polar surface area (TPSA) is 80.0 Å². The van der Waals surface area contributed by atoms with E-state index in [-0.39, 0.29) is 18.3 Å². The molecule has 0 fully saturated rings. The lowest BCUT2D eigenvalue weighted by molar-refractivity contribution is 0.0963. The first-order valence-corrected chi connectivity index (χ1v) is 11.2. The summed E-state index contributed by atoms with van der Waals surface area (Å²) in [6.07, 6.45) is 1.85. The predicted molar refractivity (Wildman–Crippen MR) is 133 cm³/mol. The van der Waals surface area contributed by atoms with Gasteiger partial charge in [0.2, 0.25) is 0 Å². The lowest BCUT2D eigenvalue weighted by atomic mass is 9.96. The van der Waals surface area contributed by atoms with Crippen molar-refractivity contribution in [2.75, 3.05) is 26.7 Å². The minimum absolute atomic E-state index is 0. The first-order valence-electron chi connectivity index (χ1n) is 10.3. The van der Waals surface area contributed by atoms with Crippen LogP contribution in [0.5, 0.6) is 0 Å². The number of nitrogens with two attached hydrogens (primary N) is 1. The third-order valence-electron chi connectivity index (χ3n) is 5.25. The third kappa shape index (κ3) is 6.61. The molecule has 0 radical (unpaired) electrons. The average Bonchev–Trinajstić information content (AvgIpc) is 3.22. The van der Waals surface area contributed by atoms with Crippen molar-refractivity contribution in [2.24, 2.45) is 5.73 Å². The van der Waals surface area contributed by atoms with Crippen molar-refractivity contribution in [3.8, 4) is 11.3 Å². The highest BCUT2D eigenvalue weighted by Gasteiger charge is 2.10. The van der Waals surface area contributed by atoms with Crippen LogP contribution in [0.15, 0.2) is 41.8 Å². The molecule has 2 aromatic carbocycles. The number of hydrogen-bond donors (Lipinski definition) is 3. The van der Waals surface area contributed by atoms with E-state index in [1.807, 2.05) is 24.3 Å². The lowest BCUT2D eigenvalue weighted by Crippen LogP contribution is -2.24. The van der Waals surface area contributed by atoms with E-state index >= 15 is 0 Å². The number of nitrogens with one attached hydrogen (secondary N) is 2. The minimum Gasteiger partial charge on any atom is -0.355 e. The average molecular weight is 459 g/mol. The predicted octanol–water partition coefficient (Wildman–Crippen LogP) is 3.89. The summed E-state index contributed by atoms with van der Waals surface area (Å²) in [5, 5.41) is 9.19. The maximum absolute atomic E-state index is 11.7. The van der Waals surface area contributed by atoms with Crippen molar-refractivity contribution < 1.29 is 4.79 Å². The van der Waals surface area contributed by atoms with Gasteiger partial charge in [0.25, 0.3) is 5.91 Å². The summed E-state index contributed by atoms with van der Waals surface area (Å²) in [7, 11) is 1.64. The molecule has 1 aromatic heterocycles. The fourth-order valence-electron chi connectivity index (χ4n) is 3.47. The molecule has 3 rings (SSSR count). The van der Waals surface area contributed by atoms with Crippen molar-refractivity contribution in [1.82, 2.24) is 15.6 Å². The summed E-state index contributed by atoms with van der Waals surface area (Å²) < 4.78 is 0. The summed E-state index contributed by atoms with van der Waals surface area (Å²) >= 11 is 1.68. The molecule has 0 spiro atoms. The molecule has 166 valence electrons. The van der Waals surface area contributed by atoms with E-state index < -0.39 is 0 Å². The van der Waals surface area contributed by atoms with E-state index in [2.05, 4.69) is 42.0 Å². The van der Waals surface area contributed by atoms with Gasteiger partial charge in [-0.1, -0.05) is 24.3 Å². The number of hydrogen-bond acceptors (Lipinski definition) is 5. The number of carbonyl (C=O) groups excluding carboxylic acids is 1. The molecular formula is C24H31ClN4OS. The second kappa shape index (κ2) is 12.0. The molecular weight excluding hydrogens is 428 g/mol. The first kappa shape index (κ1) is 25.0. The van der Waals surface area contributed by atoms with E-state index in [4.69, 9.17) is 10.7 Å². The maximum atomic E-state index is 11.7. The quantitative estimate of drug-likeness (QED) is 0.425. The number of thiazole rings is 1. The van der Waals surface area contributed by atoms with Crippen LogP contribution in [0.2, 0.25) is 0 Å². The number of carbonyl (C=O) groups is 1. The number of amides is 1. The normalized spacial score (nSPS) is 10.6. The zero-order chi connectivity index (χ0) is 21.5. The van der Waals surface area contributed by atoms with Gasteiger partial charge < -0.3 is 16.4 Å². The van der Waals surface area contributed by atoms with Crippen LogP contribution in [0.3, 0.4) is 0 Å². The monoisotopic (exact) mass is 458 g/mol. The SMILES string of the molecule is CNC(=O)c1ccc(-c2csc(Cc3cc(C)c(CCNCCN)cc3C)n2)cc1.Cl. The number of nitrogens with zero attached hydrogens (tertiary/aromatic N) is 1. The van der Waals surface area contributed by atoms with Crippen LogP contribution in [0.1, 0.15) is 37.6 Å². The molecule has 5 nitrogen and oxygen atoms in total. The van der Waals surface area contributed by atoms with E-state index in [1.165, 1.54) is 22.3 Å². The summed E-state index contributed by atoms with van der Waals surface area (Å²) in [6, 6.07) is 12.2. The summed E-state index contributed by atoms with van der Waals surface area (Å²) in [5.41, 5.74) is 13.5. The Morgan fingerprint density at radius 3 is 2.42 bits per heavy atom. The Labute approximate surface area is 194 Å². The van der Waals surface area contributed by atoms with Crippen molar-refractivity contribution in [3.63, 3.8) is 0 Å². The third-order valence-corrected chi connectivity index (χ3v) is 6.10. The zero-order valence-electron chi connectivity index (χ0n) is 18.3. The summed E-state index contributed by atoms with van der Waals surface area (Å²) in [6.45, 7) is 6.84. The summed E-state index contributed by atoms with van der Waals surface area (Å²) in [5.74, 6) is -0.0787. The van der Waals surface area contributed by atoms with Crippen molar-refractivity contribution in [3.05, 3.63) is 74.6 Å². The van der Waals surface area contributed by atoms with Gasteiger partial charge in [-0.2, -0.15) is 0 Å². The molecule has 4 N–H and O–H groups in total. The van der Waals surface area contributed by atoms with E-state index in [1.54, 1.807) is 18.4 Å². The fourth-order valence-corrected chi connectivity index (χ4v) is 4.30. The number of aromatic nitrogens is 1. The molecule has 0 unspecified atom stereocenters. The van der Waals surface area contributed by atoms with E-state index in [0.29, 0.717) is 12.1 Å². The van der Waals surface area contributed by atoms with Gasteiger partial charge in [-0.05, 0) is 61.2 Å². The molecule has 0 saturated heterocycles. The van der Waals surface area contributed by atoms with Gasteiger partial charge in [-0.3, -0.25) is 4.79 Å². The lowest BCUT2D eigenvalue weighted by Gasteiger charge is -2.12. The number of halogens is 1. The highest BCUT2D eigenvalue weighted by molar-refractivity contribution is 7.10. The van der Waals surface area contributed by atoms with Crippen LogP contribution in [0.4, 0.5) is 0 Å². The van der Waals surface area contributed by atoms with Crippen LogP contribution in [0, 0.1) is 13.8 Å². The standard InChI is InChI=1S/C24H30N4OS.ClH/c1-16-13-21(17(2)12-20(16)8-10-27-11-9-25)14-23-28-22(15-30-23)18-4-6-19(7-5-18)24(29)26-3;/h4-7,12-13,15,27H,8-11,14,25H2,1-3H3,(H,26,29);1H. The number of rotatable bonds is 9. The van der Waals surface area contributed by atoms with Crippen LogP contribution in [-0.4, -0.2) is 37.6 Å². The number of benzene rings is 2. The molecule has 1 heterocycles. The van der Waals surface area contributed by atoms with Crippen molar-refractivity contribution in [1.29, 1.82) is 0 Å². The van der Waals surface area contributed by atoms with E-state index in [0.717, 1.165) is 42.2 Å². The van der Waals surface area contributed by atoms with Crippen LogP contribution < -0.4 is 16.4 Å². The second-order valence-corrected chi connectivity index (χ2v) is 8.40. The van der Waals surface area contributed by atoms with Crippen molar-refractivity contribution >= 4 is 29.7 Å². The van der Waals surface area contributed by atoms with Crippen LogP contribution in [0.25, 0.3) is 11.3 Å². The second-order valence-electron chi connectivity index (χ2n) is 7.45. The van der Waals surface area contributed by atoms with Gasteiger partial charge in [-0.15, -0.1) is 23.7 Å². The Kier molecular flexibility index (Phi) is 9.65. The van der Waals surface area contributed by atoms with Gasteiger partial charge in [-0.25, -0.2) is 4.98 Å². The van der Waals surface area contributed by atoms with Crippen LogP contribution >= 0.6 is 23.7 Å². The Morgan fingerprint density at radius 2 is 1.74 bits per heavy atom.